The van der Waals surface area contributed by atoms with Crippen molar-refractivity contribution < 1.29 is 4.74 Å². The van der Waals surface area contributed by atoms with Crippen molar-refractivity contribution in [3.8, 4) is 0 Å². The van der Waals surface area contributed by atoms with Crippen LogP contribution in [-0.4, -0.2) is 32.1 Å². The van der Waals surface area contributed by atoms with E-state index in [0.29, 0.717) is 5.25 Å². The van der Waals surface area contributed by atoms with Crippen LogP contribution in [0.3, 0.4) is 0 Å². The molecule has 0 bridgehead atoms. The van der Waals surface area contributed by atoms with Crippen LogP contribution >= 0.6 is 11.8 Å². The van der Waals surface area contributed by atoms with Gasteiger partial charge >= 0.3 is 0 Å². The van der Waals surface area contributed by atoms with Crippen LogP contribution in [0.25, 0.3) is 0 Å². The van der Waals surface area contributed by atoms with Gasteiger partial charge in [-0.25, -0.2) is 0 Å². The highest BCUT2D eigenvalue weighted by molar-refractivity contribution is 8.00. The van der Waals surface area contributed by atoms with E-state index in [2.05, 4.69) is 57.3 Å². The van der Waals surface area contributed by atoms with E-state index in [-0.39, 0.29) is 5.41 Å². The fourth-order valence-electron chi connectivity index (χ4n) is 1.95. The van der Waals surface area contributed by atoms with Crippen molar-refractivity contribution >= 4 is 11.8 Å². The van der Waals surface area contributed by atoms with Crippen molar-refractivity contribution in [2.24, 2.45) is 0 Å². The zero-order valence-corrected chi connectivity index (χ0v) is 14.3. The second-order valence-electron chi connectivity index (χ2n) is 6.25. The van der Waals surface area contributed by atoms with E-state index in [4.69, 9.17) is 4.74 Å². The molecule has 0 aromatic heterocycles. The molecular formula is C17H29NOS. The summed E-state index contributed by atoms with van der Waals surface area (Å²) in [6, 6.07) is 8.99. The minimum atomic E-state index is 0.234. The lowest BCUT2D eigenvalue weighted by Crippen LogP contribution is -2.24. The summed E-state index contributed by atoms with van der Waals surface area (Å²) in [5.41, 5.74) is 1.63. The van der Waals surface area contributed by atoms with Gasteiger partial charge in [0.25, 0.3) is 0 Å². The summed E-state index contributed by atoms with van der Waals surface area (Å²) < 4.78 is 5.04. The highest BCUT2D eigenvalue weighted by atomic mass is 32.2. The molecular weight excluding hydrogens is 266 g/mol. The first-order chi connectivity index (χ1) is 9.43. The van der Waals surface area contributed by atoms with E-state index in [9.17, 15) is 0 Å². The summed E-state index contributed by atoms with van der Waals surface area (Å²) >= 11 is 1.93. The average molecular weight is 295 g/mol. The van der Waals surface area contributed by atoms with Crippen molar-refractivity contribution in [1.29, 1.82) is 0 Å². The molecule has 0 saturated heterocycles. The van der Waals surface area contributed by atoms with Gasteiger partial charge in [0.1, 0.15) is 0 Å². The third-order valence-electron chi connectivity index (χ3n) is 3.19. The Morgan fingerprint density at radius 3 is 2.40 bits per heavy atom. The number of nitrogens with one attached hydrogen (secondary N) is 1. The third-order valence-corrected chi connectivity index (χ3v) is 4.30. The smallest absolute Gasteiger partial charge is 0.0474 e. The molecule has 0 aliphatic heterocycles. The van der Waals surface area contributed by atoms with Crippen LogP contribution in [0, 0.1) is 0 Å². The minimum Gasteiger partial charge on any atom is -0.385 e. The van der Waals surface area contributed by atoms with E-state index in [1.165, 1.54) is 10.5 Å². The van der Waals surface area contributed by atoms with Crippen LogP contribution < -0.4 is 5.32 Å². The summed E-state index contributed by atoms with van der Waals surface area (Å²) in [7, 11) is 1.75. The quantitative estimate of drug-likeness (QED) is 0.576. The average Bonchev–Trinajstić information content (AvgIpc) is 2.38. The molecule has 0 radical (unpaired) electrons. The maximum Gasteiger partial charge on any atom is 0.0474 e. The van der Waals surface area contributed by atoms with Gasteiger partial charge in [-0.2, -0.15) is 0 Å². The standard InChI is InChI=1S/C17H29NOS/c1-14(13-18-11-6-12-19-5)20-16-9-7-15(8-10-16)17(2,3)4/h7-10,14,18H,6,11-13H2,1-5H3. The topological polar surface area (TPSA) is 21.3 Å². The second kappa shape index (κ2) is 8.71. The molecule has 1 aromatic carbocycles. The number of benzene rings is 1. The molecule has 1 unspecified atom stereocenters. The van der Waals surface area contributed by atoms with Crippen molar-refractivity contribution in [1.82, 2.24) is 5.32 Å². The third kappa shape index (κ3) is 6.78. The van der Waals surface area contributed by atoms with Gasteiger partial charge < -0.3 is 10.1 Å². The summed E-state index contributed by atoms with van der Waals surface area (Å²) in [5, 5.41) is 4.06. The Morgan fingerprint density at radius 2 is 1.85 bits per heavy atom. The van der Waals surface area contributed by atoms with Gasteiger partial charge in [-0.15, -0.1) is 11.8 Å². The van der Waals surface area contributed by atoms with Gasteiger partial charge in [0, 0.05) is 30.4 Å². The minimum absolute atomic E-state index is 0.234. The first-order valence-corrected chi connectivity index (χ1v) is 8.28. The lowest BCUT2D eigenvalue weighted by atomic mass is 9.87. The number of thioether (sulfide) groups is 1. The molecule has 3 heteroatoms. The van der Waals surface area contributed by atoms with Crippen LogP contribution in [0.15, 0.2) is 29.2 Å². The van der Waals surface area contributed by atoms with Gasteiger partial charge in [0.05, 0.1) is 0 Å². The second-order valence-corrected chi connectivity index (χ2v) is 7.77. The lowest BCUT2D eigenvalue weighted by Gasteiger charge is -2.19. The monoisotopic (exact) mass is 295 g/mol. The summed E-state index contributed by atoms with van der Waals surface area (Å²) in [4.78, 5) is 1.35. The predicted molar refractivity (Wildman–Crippen MR) is 89.8 cm³/mol. The van der Waals surface area contributed by atoms with Crippen LogP contribution in [0.5, 0.6) is 0 Å². The molecule has 114 valence electrons. The molecule has 0 aliphatic carbocycles. The largest absolute Gasteiger partial charge is 0.385 e. The number of hydrogen-bond donors (Lipinski definition) is 1. The molecule has 0 amide bonds. The number of rotatable bonds is 8. The van der Waals surface area contributed by atoms with Crippen molar-refractivity contribution in [2.75, 3.05) is 26.8 Å². The van der Waals surface area contributed by atoms with E-state index < -0.39 is 0 Å². The van der Waals surface area contributed by atoms with Gasteiger partial charge in [-0.1, -0.05) is 39.8 Å². The van der Waals surface area contributed by atoms with E-state index in [0.717, 1.165) is 26.1 Å². The Balaban J connectivity index is 2.33. The molecule has 0 aliphatic rings. The fraction of sp³-hybridized carbons (Fsp3) is 0.647. The van der Waals surface area contributed by atoms with Crippen molar-refractivity contribution in [2.45, 2.75) is 49.7 Å². The lowest BCUT2D eigenvalue weighted by molar-refractivity contribution is 0.194. The summed E-state index contributed by atoms with van der Waals surface area (Å²) in [6.45, 7) is 11.9. The normalized spacial score (nSPS) is 13.4. The van der Waals surface area contributed by atoms with Gasteiger partial charge in [0.15, 0.2) is 0 Å². The van der Waals surface area contributed by atoms with Gasteiger partial charge in [-0.05, 0) is 36.1 Å². The van der Waals surface area contributed by atoms with Crippen LogP contribution in [0.4, 0.5) is 0 Å². The molecule has 20 heavy (non-hydrogen) atoms. The SMILES string of the molecule is COCCCNCC(C)Sc1ccc(C(C)(C)C)cc1. The Morgan fingerprint density at radius 1 is 1.20 bits per heavy atom. The highest BCUT2D eigenvalue weighted by Crippen LogP contribution is 2.27. The zero-order valence-electron chi connectivity index (χ0n) is 13.5. The molecule has 1 rings (SSSR count). The van der Waals surface area contributed by atoms with Gasteiger partial charge in [-0.3, -0.25) is 0 Å². The highest BCUT2D eigenvalue weighted by Gasteiger charge is 2.13. The molecule has 0 fully saturated rings. The van der Waals surface area contributed by atoms with Crippen molar-refractivity contribution in [3.05, 3.63) is 29.8 Å². The Labute approximate surface area is 128 Å². The maximum absolute atomic E-state index is 5.04. The Hall–Kier alpha value is -0.510. The molecule has 1 N–H and O–H groups in total. The molecule has 0 heterocycles. The number of methoxy groups -OCH3 is 1. The first kappa shape index (κ1) is 17.5. The van der Waals surface area contributed by atoms with E-state index in [1.54, 1.807) is 7.11 Å². The number of hydrogen-bond acceptors (Lipinski definition) is 3. The van der Waals surface area contributed by atoms with E-state index in [1.807, 2.05) is 11.8 Å². The van der Waals surface area contributed by atoms with Crippen molar-refractivity contribution in [3.63, 3.8) is 0 Å². The van der Waals surface area contributed by atoms with Crippen LogP contribution in [0.2, 0.25) is 0 Å². The summed E-state index contributed by atoms with van der Waals surface area (Å²) in [5.74, 6) is 0. The Bertz CT molecular complexity index is 370. The summed E-state index contributed by atoms with van der Waals surface area (Å²) in [6.07, 6.45) is 1.08. The fourth-order valence-corrected chi connectivity index (χ4v) is 2.91. The molecule has 0 spiro atoms. The van der Waals surface area contributed by atoms with Gasteiger partial charge in [0.2, 0.25) is 0 Å². The first-order valence-electron chi connectivity index (χ1n) is 7.40. The predicted octanol–water partition coefficient (Wildman–Crippen LogP) is 4.09. The maximum atomic E-state index is 5.04. The van der Waals surface area contributed by atoms with Crippen LogP contribution in [0.1, 0.15) is 39.7 Å². The molecule has 1 aromatic rings. The molecule has 2 nitrogen and oxygen atoms in total. The molecule has 1 atom stereocenters. The van der Waals surface area contributed by atoms with E-state index >= 15 is 0 Å². The zero-order chi connectivity index (χ0) is 15.0. The van der Waals surface area contributed by atoms with Crippen LogP contribution in [-0.2, 0) is 10.2 Å². The Kier molecular flexibility index (Phi) is 7.63. The molecule has 0 saturated carbocycles. The number of ether oxygens (including phenoxy) is 1.